The number of aromatic nitrogens is 2. The summed E-state index contributed by atoms with van der Waals surface area (Å²) in [6.07, 6.45) is 7.32. The number of anilines is 1. The highest BCUT2D eigenvalue weighted by Crippen LogP contribution is 2.35. The lowest BCUT2D eigenvalue weighted by Gasteiger charge is -2.19. The van der Waals surface area contributed by atoms with Crippen molar-refractivity contribution in [2.24, 2.45) is 0 Å². The number of rotatable bonds is 5. The van der Waals surface area contributed by atoms with Gasteiger partial charge in [-0.2, -0.15) is 0 Å². The number of aryl methyl sites for hydroxylation is 2. The maximum Gasteiger partial charge on any atom is 0.261 e. The third-order valence-corrected chi connectivity index (χ3v) is 6.04. The van der Waals surface area contributed by atoms with Crippen LogP contribution in [0.4, 0.5) is 5.69 Å². The fourth-order valence-corrected chi connectivity index (χ4v) is 4.41. The van der Waals surface area contributed by atoms with Gasteiger partial charge in [-0.25, -0.2) is 4.98 Å². The van der Waals surface area contributed by atoms with E-state index in [1.165, 1.54) is 24.0 Å². The van der Waals surface area contributed by atoms with Crippen LogP contribution in [0.1, 0.15) is 55.1 Å². The molecule has 2 aromatic carbocycles. The summed E-state index contributed by atoms with van der Waals surface area (Å²) in [5.41, 5.74) is 4.31. The quantitative estimate of drug-likeness (QED) is 0.714. The summed E-state index contributed by atoms with van der Waals surface area (Å²) in [5.74, 6) is 0.704. The maximum atomic E-state index is 12.9. The normalized spacial score (nSPS) is 15.9. The zero-order chi connectivity index (χ0) is 19.8. The summed E-state index contributed by atoms with van der Waals surface area (Å²) in [7, 11) is 0. The zero-order valence-corrected chi connectivity index (χ0v) is 16.5. The van der Waals surface area contributed by atoms with E-state index in [2.05, 4.69) is 11.4 Å². The molecule has 0 radical (unpaired) electrons. The van der Waals surface area contributed by atoms with Gasteiger partial charge in [0.25, 0.3) is 5.56 Å². The molecular formula is C24H25N3O2. The predicted octanol–water partition coefficient (Wildman–Crippen LogP) is 4.18. The molecule has 0 atom stereocenters. The van der Waals surface area contributed by atoms with Crippen LogP contribution < -0.4 is 10.9 Å². The average Bonchev–Trinajstić information content (AvgIpc) is 3.58. The zero-order valence-electron chi connectivity index (χ0n) is 16.5. The van der Waals surface area contributed by atoms with Crippen molar-refractivity contribution in [2.45, 2.75) is 57.4 Å². The number of carbonyl (C=O) groups excluding carboxylic acids is 1. The molecule has 5 rings (SSSR count). The summed E-state index contributed by atoms with van der Waals surface area (Å²) in [6.45, 7) is 0. The van der Waals surface area contributed by atoms with Crippen molar-refractivity contribution in [3.8, 4) is 0 Å². The van der Waals surface area contributed by atoms with Gasteiger partial charge in [-0.3, -0.25) is 14.2 Å². The number of carbonyl (C=O) groups is 1. The highest BCUT2D eigenvalue weighted by atomic mass is 16.1. The fraction of sp³-hybridized carbons (Fsp3) is 0.375. The third-order valence-electron chi connectivity index (χ3n) is 6.04. The summed E-state index contributed by atoms with van der Waals surface area (Å²) in [5, 5.41) is 3.76. The molecule has 1 saturated carbocycles. The van der Waals surface area contributed by atoms with E-state index in [0.717, 1.165) is 37.2 Å². The molecule has 2 aliphatic rings. The Morgan fingerprint density at radius 3 is 2.76 bits per heavy atom. The standard InChI is InChI=1S/C24H25N3O2/c28-23(26-20-11-5-7-16-6-1-2-8-18(16)20)15-14-22-25-21-10-4-3-9-19(21)24(29)27(22)17-12-13-17/h3-5,7,9-11,17H,1-2,6,8,12-15H2,(H,26,28). The smallest absolute Gasteiger partial charge is 0.261 e. The minimum atomic E-state index is -0.0197. The van der Waals surface area contributed by atoms with E-state index in [4.69, 9.17) is 4.98 Å². The Hall–Kier alpha value is -2.95. The first-order valence-corrected chi connectivity index (χ1v) is 10.6. The molecule has 1 fully saturated rings. The Balaban J connectivity index is 1.36. The van der Waals surface area contributed by atoms with Gasteiger partial charge in [0, 0.05) is 24.6 Å². The maximum absolute atomic E-state index is 12.9. The Bertz CT molecular complexity index is 1140. The van der Waals surface area contributed by atoms with Crippen LogP contribution in [-0.2, 0) is 24.1 Å². The third kappa shape index (κ3) is 3.57. The molecule has 5 nitrogen and oxygen atoms in total. The van der Waals surface area contributed by atoms with Crippen molar-refractivity contribution in [2.75, 3.05) is 5.32 Å². The van der Waals surface area contributed by atoms with E-state index in [9.17, 15) is 9.59 Å². The van der Waals surface area contributed by atoms with Gasteiger partial charge in [0.1, 0.15) is 5.82 Å². The van der Waals surface area contributed by atoms with Gasteiger partial charge in [-0.1, -0.05) is 24.3 Å². The molecule has 1 N–H and O–H groups in total. The molecule has 1 aromatic heterocycles. The Kier molecular flexibility index (Phi) is 4.66. The van der Waals surface area contributed by atoms with Gasteiger partial charge >= 0.3 is 0 Å². The van der Waals surface area contributed by atoms with Crippen molar-refractivity contribution in [3.05, 3.63) is 69.8 Å². The van der Waals surface area contributed by atoms with Gasteiger partial charge in [-0.15, -0.1) is 0 Å². The van der Waals surface area contributed by atoms with Crippen molar-refractivity contribution >= 4 is 22.5 Å². The van der Waals surface area contributed by atoms with E-state index in [-0.39, 0.29) is 17.5 Å². The molecular weight excluding hydrogens is 362 g/mol. The second-order valence-corrected chi connectivity index (χ2v) is 8.15. The first kappa shape index (κ1) is 18.1. The van der Waals surface area contributed by atoms with E-state index < -0.39 is 0 Å². The molecule has 148 valence electrons. The van der Waals surface area contributed by atoms with Crippen molar-refractivity contribution in [1.82, 2.24) is 9.55 Å². The van der Waals surface area contributed by atoms with Crippen molar-refractivity contribution in [1.29, 1.82) is 0 Å². The Morgan fingerprint density at radius 2 is 1.90 bits per heavy atom. The highest BCUT2D eigenvalue weighted by Gasteiger charge is 2.28. The molecule has 0 saturated heterocycles. The van der Waals surface area contributed by atoms with Gasteiger partial charge < -0.3 is 5.32 Å². The number of para-hydroxylation sites is 1. The van der Waals surface area contributed by atoms with Crippen LogP contribution in [0.2, 0.25) is 0 Å². The van der Waals surface area contributed by atoms with E-state index in [1.54, 1.807) is 0 Å². The molecule has 2 aliphatic carbocycles. The second kappa shape index (κ2) is 7.47. The van der Waals surface area contributed by atoms with Crippen molar-refractivity contribution < 1.29 is 4.79 Å². The van der Waals surface area contributed by atoms with Crippen LogP contribution in [0.5, 0.6) is 0 Å². The van der Waals surface area contributed by atoms with Gasteiger partial charge in [-0.05, 0) is 67.9 Å². The first-order chi connectivity index (χ1) is 14.2. The largest absolute Gasteiger partial charge is 0.326 e. The van der Waals surface area contributed by atoms with Crippen LogP contribution in [-0.4, -0.2) is 15.5 Å². The van der Waals surface area contributed by atoms with Crippen LogP contribution >= 0.6 is 0 Å². The molecule has 0 spiro atoms. The number of nitrogens with one attached hydrogen (secondary N) is 1. The summed E-state index contributed by atoms with van der Waals surface area (Å²) < 4.78 is 1.82. The number of amides is 1. The van der Waals surface area contributed by atoms with Gasteiger partial charge in [0.05, 0.1) is 10.9 Å². The molecule has 5 heteroatoms. The van der Waals surface area contributed by atoms with Crippen LogP contribution in [0.15, 0.2) is 47.3 Å². The molecule has 0 aliphatic heterocycles. The lowest BCUT2D eigenvalue weighted by atomic mass is 9.90. The molecule has 0 bridgehead atoms. The van der Waals surface area contributed by atoms with E-state index in [0.29, 0.717) is 23.7 Å². The number of hydrogen-bond donors (Lipinski definition) is 1. The first-order valence-electron chi connectivity index (χ1n) is 10.6. The number of nitrogens with zero attached hydrogens (tertiary/aromatic N) is 2. The predicted molar refractivity (Wildman–Crippen MR) is 114 cm³/mol. The molecule has 0 unspecified atom stereocenters. The molecule has 3 aromatic rings. The second-order valence-electron chi connectivity index (χ2n) is 8.15. The molecule has 29 heavy (non-hydrogen) atoms. The number of benzene rings is 2. The van der Waals surface area contributed by atoms with Gasteiger partial charge in [0.2, 0.25) is 5.91 Å². The molecule has 1 heterocycles. The minimum Gasteiger partial charge on any atom is -0.326 e. The summed E-state index contributed by atoms with van der Waals surface area (Å²) >= 11 is 0. The fourth-order valence-electron chi connectivity index (χ4n) is 4.41. The van der Waals surface area contributed by atoms with Crippen LogP contribution in [0.3, 0.4) is 0 Å². The SMILES string of the molecule is O=C(CCc1nc2ccccc2c(=O)n1C1CC1)Nc1cccc2c1CCCC2. The highest BCUT2D eigenvalue weighted by molar-refractivity contribution is 5.92. The molecule has 1 amide bonds. The summed E-state index contributed by atoms with van der Waals surface area (Å²) in [4.78, 5) is 30.4. The van der Waals surface area contributed by atoms with E-state index >= 15 is 0 Å². The lowest BCUT2D eigenvalue weighted by molar-refractivity contribution is -0.116. The van der Waals surface area contributed by atoms with Crippen LogP contribution in [0.25, 0.3) is 10.9 Å². The van der Waals surface area contributed by atoms with Crippen LogP contribution in [0, 0.1) is 0 Å². The Morgan fingerprint density at radius 1 is 1.07 bits per heavy atom. The van der Waals surface area contributed by atoms with Crippen molar-refractivity contribution in [3.63, 3.8) is 0 Å². The topological polar surface area (TPSA) is 64.0 Å². The average molecular weight is 387 g/mol. The number of fused-ring (bicyclic) bond motifs is 2. The number of hydrogen-bond acceptors (Lipinski definition) is 3. The summed E-state index contributed by atoms with van der Waals surface area (Å²) in [6, 6.07) is 13.9. The minimum absolute atomic E-state index is 0.0191. The van der Waals surface area contributed by atoms with E-state index in [1.807, 2.05) is 41.0 Å². The Labute approximate surface area is 169 Å². The monoisotopic (exact) mass is 387 g/mol. The lowest BCUT2D eigenvalue weighted by Crippen LogP contribution is -2.25. The van der Waals surface area contributed by atoms with Gasteiger partial charge in [0.15, 0.2) is 0 Å².